The SMILES string of the molecule is CCC(C)Nc1ccnc(C(=O)Nc2ccccc2F)c1. The number of nitrogens with one attached hydrogen (secondary N) is 2. The van der Waals surface area contributed by atoms with Gasteiger partial charge in [-0.05, 0) is 37.6 Å². The maximum Gasteiger partial charge on any atom is 0.274 e. The number of rotatable bonds is 5. The molecule has 1 amide bonds. The Hall–Kier alpha value is -2.43. The van der Waals surface area contributed by atoms with Crippen LogP contribution in [0.5, 0.6) is 0 Å². The first-order valence-corrected chi connectivity index (χ1v) is 6.88. The molecular formula is C16H18FN3O. The molecule has 1 atom stereocenters. The Morgan fingerprint density at radius 2 is 2.10 bits per heavy atom. The van der Waals surface area contributed by atoms with Crippen molar-refractivity contribution in [3.05, 3.63) is 54.1 Å². The normalized spacial score (nSPS) is 11.8. The van der Waals surface area contributed by atoms with Crippen molar-refractivity contribution in [2.24, 2.45) is 0 Å². The van der Waals surface area contributed by atoms with E-state index >= 15 is 0 Å². The number of carbonyl (C=O) groups is 1. The van der Waals surface area contributed by atoms with Crippen molar-refractivity contribution < 1.29 is 9.18 Å². The van der Waals surface area contributed by atoms with Crippen LogP contribution >= 0.6 is 0 Å². The highest BCUT2D eigenvalue weighted by Crippen LogP contribution is 2.15. The second kappa shape index (κ2) is 6.83. The molecule has 0 aliphatic rings. The van der Waals surface area contributed by atoms with Crippen LogP contribution in [0.4, 0.5) is 15.8 Å². The maximum absolute atomic E-state index is 13.5. The third-order valence-corrected chi connectivity index (χ3v) is 3.14. The minimum Gasteiger partial charge on any atom is -0.382 e. The number of halogens is 1. The number of hydrogen-bond donors (Lipinski definition) is 2. The van der Waals surface area contributed by atoms with Gasteiger partial charge in [0.1, 0.15) is 11.5 Å². The van der Waals surface area contributed by atoms with Gasteiger partial charge in [-0.15, -0.1) is 0 Å². The molecule has 110 valence electrons. The minimum absolute atomic E-state index is 0.143. The molecule has 1 aromatic carbocycles. The van der Waals surface area contributed by atoms with Crippen LogP contribution in [0.15, 0.2) is 42.6 Å². The molecule has 4 nitrogen and oxygen atoms in total. The van der Waals surface area contributed by atoms with E-state index in [0.29, 0.717) is 6.04 Å². The second-order valence-corrected chi connectivity index (χ2v) is 4.82. The van der Waals surface area contributed by atoms with Crippen molar-refractivity contribution in [2.45, 2.75) is 26.3 Å². The van der Waals surface area contributed by atoms with E-state index in [1.807, 2.05) is 0 Å². The van der Waals surface area contributed by atoms with Crippen LogP contribution in [0, 0.1) is 5.82 Å². The number of anilines is 2. The lowest BCUT2D eigenvalue weighted by molar-refractivity contribution is 0.102. The Morgan fingerprint density at radius 1 is 1.33 bits per heavy atom. The van der Waals surface area contributed by atoms with Gasteiger partial charge in [0, 0.05) is 17.9 Å². The highest BCUT2D eigenvalue weighted by atomic mass is 19.1. The van der Waals surface area contributed by atoms with E-state index in [9.17, 15) is 9.18 Å². The van der Waals surface area contributed by atoms with Gasteiger partial charge < -0.3 is 10.6 Å². The van der Waals surface area contributed by atoms with Crippen LogP contribution in [-0.4, -0.2) is 16.9 Å². The van der Waals surface area contributed by atoms with Gasteiger partial charge in [-0.25, -0.2) is 4.39 Å². The quantitative estimate of drug-likeness (QED) is 0.882. The Labute approximate surface area is 123 Å². The summed E-state index contributed by atoms with van der Waals surface area (Å²) in [6, 6.07) is 9.79. The molecule has 2 rings (SSSR count). The summed E-state index contributed by atoms with van der Waals surface area (Å²) in [6.07, 6.45) is 2.53. The van der Waals surface area contributed by atoms with Crippen molar-refractivity contribution >= 4 is 17.3 Å². The number of pyridine rings is 1. The summed E-state index contributed by atoms with van der Waals surface area (Å²) in [5.41, 5.74) is 1.20. The fourth-order valence-corrected chi connectivity index (χ4v) is 1.78. The highest BCUT2D eigenvalue weighted by molar-refractivity contribution is 6.03. The largest absolute Gasteiger partial charge is 0.382 e. The van der Waals surface area contributed by atoms with Crippen molar-refractivity contribution in [2.75, 3.05) is 10.6 Å². The topological polar surface area (TPSA) is 54.0 Å². The number of benzene rings is 1. The van der Waals surface area contributed by atoms with Crippen molar-refractivity contribution in [1.29, 1.82) is 0 Å². The first-order valence-electron chi connectivity index (χ1n) is 6.88. The summed E-state index contributed by atoms with van der Waals surface area (Å²) in [4.78, 5) is 16.1. The molecule has 0 aliphatic heterocycles. The number of para-hydroxylation sites is 1. The van der Waals surface area contributed by atoms with Gasteiger partial charge in [0.25, 0.3) is 5.91 Å². The van der Waals surface area contributed by atoms with Crippen molar-refractivity contribution in [3.8, 4) is 0 Å². The summed E-state index contributed by atoms with van der Waals surface area (Å²) >= 11 is 0. The molecule has 0 saturated heterocycles. The van der Waals surface area contributed by atoms with Gasteiger partial charge >= 0.3 is 0 Å². The molecule has 2 aromatic rings. The second-order valence-electron chi connectivity index (χ2n) is 4.82. The van der Waals surface area contributed by atoms with Gasteiger partial charge in [0.05, 0.1) is 5.69 Å². The predicted octanol–water partition coefficient (Wildman–Crippen LogP) is 3.68. The minimum atomic E-state index is -0.472. The van der Waals surface area contributed by atoms with Crippen LogP contribution in [0.2, 0.25) is 0 Å². The van der Waals surface area contributed by atoms with Crippen molar-refractivity contribution in [1.82, 2.24) is 4.98 Å². The molecule has 2 N–H and O–H groups in total. The molecule has 0 radical (unpaired) electrons. The molecule has 5 heteroatoms. The monoisotopic (exact) mass is 287 g/mol. The number of carbonyl (C=O) groups excluding carboxylic acids is 1. The first-order chi connectivity index (χ1) is 10.1. The molecule has 1 heterocycles. The fraction of sp³-hybridized carbons (Fsp3) is 0.250. The standard InChI is InChI=1S/C16H18FN3O/c1-3-11(2)19-12-8-9-18-15(10-12)16(21)20-14-7-5-4-6-13(14)17/h4-11H,3H2,1-2H3,(H,18,19)(H,20,21). The molecule has 0 bridgehead atoms. The molecule has 0 aliphatic carbocycles. The number of hydrogen-bond acceptors (Lipinski definition) is 3. The van der Waals surface area contributed by atoms with Crippen LogP contribution in [0.25, 0.3) is 0 Å². The molecule has 1 aromatic heterocycles. The zero-order chi connectivity index (χ0) is 15.2. The third-order valence-electron chi connectivity index (χ3n) is 3.14. The molecule has 21 heavy (non-hydrogen) atoms. The highest BCUT2D eigenvalue weighted by Gasteiger charge is 2.11. The van der Waals surface area contributed by atoms with Crippen molar-refractivity contribution in [3.63, 3.8) is 0 Å². The molecule has 0 spiro atoms. The summed E-state index contributed by atoms with van der Waals surface area (Å²) in [6.45, 7) is 4.13. The van der Waals surface area contributed by atoms with E-state index in [1.165, 1.54) is 12.1 Å². The Morgan fingerprint density at radius 3 is 2.81 bits per heavy atom. The first kappa shape index (κ1) is 15.0. The van der Waals surface area contributed by atoms with E-state index < -0.39 is 11.7 Å². The molecule has 1 unspecified atom stereocenters. The zero-order valence-electron chi connectivity index (χ0n) is 12.1. The lowest BCUT2D eigenvalue weighted by Crippen LogP contribution is -2.17. The van der Waals surface area contributed by atoms with Gasteiger partial charge in [0.15, 0.2) is 0 Å². The fourth-order valence-electron chi connectivity index (χ4n) is 1.78. The summed E-state index contributed by atoms with van der Waals surface area (Å²) in [5.74, 6) is -0.910. The van der Waals surface area contributed by atoms with Crippen LogP contribution in [0.3, 0.4) is 0 Å². The third kappa shape index (κ3) is 4.02. The van der Waals surface area contributed by atoms with Crippen LogP contribution in [-0.2, 0) is 0 Å². The molecular weight excluding hydrogens is 269 g/mol. The van der Waals surface area contributed by atoms with E-state index in [0.717, 1.165) is 12.1 Å². The van der Waals surface area contributed by atoms with Gasteiger partial charge in [-0.2, -0.15) is 0 Å². The van der Waals surface area contributed by atoms with E-state index in [-0.39, 0.29) is 11.4 Å². The summed E-state index contributed by atoms with van der Waals surface area (Å²) in [7, 11) is 0. The lowest BCUT2D eigenvalue weighted by atomic mass is 10.2. The smallest absolute Gasteiger partial charge is 0.274 e. The Kier molecular flexibility index (Phi) is 4.87. The average molecular weight is 287 g/mol. The number of nitrogens with zero attached hydrogens (tertiary/aromatic N) is 1. The summed E-state index contributed by atoms with van der Waals surface area (Å²) in [5, 5.41) is 5.78. The molecule has 0 saturated carbocycles. The van der Waals surface area contributed by atoms with Gasteiger partial charge in [-0.1, -0.05) is 19.1 Å². The maximum atomic E-state index is 13.5. The van der Waals surface area contributed by atoms with E-state index in [2.05, 4.69) is 29.5 Å². The lowest BCUT2D eigenvalue weighted by Gasteiger charge is -2.13. The summed E-state index contributed by atoms with van der Waals surface area (Å²) < 4.78 is 13.5. The Bertz CT molecular complexity index is 630. The number of aromatic nitrogens is 1. The zero-order valence-corrected chi connectivity index (χ0v) is 12.1. The Balaban J connectivity index is 2.12. The van der Waals surface area contributed by atoms with Gasteiger partial charge in [-0.3, -0.25) is 9.78 Å². The molecule has 0 fully saturated rings. The van der Waals surface area contributed by atoms with Crippen LogP contribution < -0.4 is 10.6 Å². The van der Waals surface area contributed by atoms with Crippen LogP contribution in [0.1, 0.15) is 30.8 Å². The van der Waals surface area contributed by atoms with E-state index in [4.69, 9.17) is 0 Å². The predicted molar refractivity (Wildman–Crippen MR) is 82.0 cm³/mol. The van der Waals surface area contributed by atoms with E-state index in [1.54, 1.807) is 30.5 Å². The number of amides is 1. The average Bonchev–Trinajstić information content (AvgIpc) is 2.49. The van der Waals surface area contributed by atoms with Gasteiger partial charge in [0.2, 0.25) is 0 Å².